The summed E-state index contributed by atoms with van der Waals surface area (Å²) in [5.74, 6) is -1.97. The number of carbonyl (C=O) groups is 1. The van der Waals surface area contributed by atoms with Gasteiger partial charge in [0.25, 0.3) is 0 Å². The van der Waals surface area contributed by atoms with Crippen LogP contribution in [0.4, 0.5) is 4.39 Å². The van der Waals surface area contributed by atoms with Gasteiger partial charge < -0.3 is 9.15 Å². The van der Waals surface area contributed by atoms with E-state index < -0.39 is 17.2 Å². The Balaban J connectivity index is 2.19. The van der Waals surface area contributed by atoms with Gasteiger partial charge in [0.15, 0.2) is 11.0 Å². The maximum Gasteiger partial charge on any atom is 0.308 e. The Morgan fingerprint density at radius 3 is 2.72 bits per heavy atom. The van der Waals surface area contributed by atoms with Crippen molar-refractivity contribution in [2.45, 2.75) is 6.92 Å². The highest BCUT2D eigenvalue weighted by Gasteiger charge is 2.20. The normalized spacial score (nSPS) is 10.7. The van der Waals surface area contributed by atoms with Crippen molar-refractivity contribution < 1.29 is 18.3 Å². The van der Waals surface area contributed by atoms with Gasteiger partial charge in [-0.15, -0.1) is 5.10 Å². The molecule has 3 rings (SSSR count). The predicted octanol–water partition coefficient (Wildman–Crippen LogP) is 3.26. The van der Waals surface area contributed by atoms with Crippen LogP contribution in [0.3, 0.4) is 0 Å². The van der Waals surface area contributed by atoms with Gasteiger partial charge in [-0.3, -0.25) is 9.59 Å². The molecular weight excluding hydrogens is 376 g/mol. The summed E-state index contributed by atoms with van der Waals surface area (Å²) in [7, 11) is 0. The molecule has 7 nitrogen and oxygen atoms in total. The van der Waals surface area contributed by atoms with Crippen LogP contribution in [-0.2, 0) is 4.79 Å². The first-order valence-electron chi connectivity index (χ1n) is 6.74. The number of rotatable bonds is 3. The molecule has 2 aromatic heterocycles. The highest BCUT2D eigenvalue weighted by atomic mass is 35.5. The molecule has 3 aromatic rings. The first kappa shape index (κ1) is 17.1. The van der Waals surface area contributed by atoms with Gasteiger partial charge in [0.05, 0.1) is 22.5 Å². The molecule has 0 bridgehead atoms. The molecule has 1 aromatic carbocycles. The number of hydrogen-bond acceptors (Lipinski definition) is 6. The van der Waals surface area contributed by atoms with Gasteiger partial charge >= 0.3 is 5.97 Å². The third-order valence-corrected chi connectivity index (χ3v) is 3.55. The van der Waals surface area contributed by atoms with Gasteiger partial charge in [0, 0.05) is 13.0 Å². The van der Waals surface area contributed by atoms with Crippen LogP contribution in [0.15, 0.2) is 39.9 Å². The first-order chi connectivity index (χ1) is 11.9. The van der Waals surface area contributed by atoms with Crippen molar-refractivity contribution in [3.05, 3.63) is 56.9 Å². The van der Waals surface area contributed by atoms with Gasteiger partial charge in [-0.1, -0.05) is 28.4 Å². The molecular formula is C15H8Cl2FN3O4. The van der Waals surface area contributed by atoms with Gasteiger partial charge in [-0.2, -0.15) is 0 Å². The smallest absolute Gasteiger partial charge is 0.308 e. The van der Waals surface area contributed by atoms with Crippen molar-refractivity contribution in [1.29, 1.82) is 0 Å². The SMILES string of the molecule is CC(=O)Oc1coc(-c2c(-n3cc(Cl)nn3)ccc(Cl)c2F)cc1=O. The second-order valence-corrected chi connectivity index (χ2v) is 5.60. The zero-order valence-corrected chi connectivity index (χ0v) is 14.0. The zero-order valence-electron chi connectivity index (χ0n) is 12.5. The van der Waals surface area contributed by atoms with Gasteiger partial charge in [0.1, 0.15) is 12.0 Å². The van der Waals surface area contributed by atoms with Crippen LogP contribution >= 0.6 is 23.2 Å². The van der Waals surface area contributed by atoms with Crippen LogP contribution in [0, 0.1) is 5.82 Å². The molecule has 0 radical (unpaired) electrons. The van der Waals surface area contributed by atoms with E-state index in [4.69, 9.17) is 32.4 Å². The molecule has 0 aliphatic rings. The average molecular weight is 384 g/mol. The lowest BCUT2D eigenvalue weighted by Crippen LogP contribution is -2.11. The minimum absolute atomic E-state index is 0.0907. The molecule has 0 spiro atoms. The lowest BCUT2D eigenvalue weighted by molar-refractivity contribution is -0.132. The number of halogens is 3. The summed E-state index contributed by atoms with van der Waals surface area (Å²) in [4.78, 5) is 23.0. The van der Waals surface area contributed by atoms with Gasteiger partial charge in [0.2, 0.25) is 11.2 Å². The summed E-state index contributed by atoms with van der Waals surface area (Å²) in [6.07, 6.45) is 2.26. The molecule has 0 saturated heterocycles. The maximum atomic E-state index is 14.6. The molecule has 10 heteroatoms. The van der Waals surface area contributed by atoms with E-state index >= 15 is 0 Å². The van der Waals surface area contributed by atoms with E-state index in [1.54, 1.807) is 0 Å². The summed E-state index contributed by atoms with van der Waals surface area (Å²) in [5.41, 5.74) is -0.594. The van der Waals surface area contributed by atoms with E-state index in [0.29, 0.717) is 0 Å². The number of aromatic nitrogens is 3. The summed E-state index contributed by atoms with van der Waals surface area (Å²) in [5, 5.41) is 7.28. The predicted molar refractivity (Wildman–Crippen MR) is 86.6 cm³/mol. The first-order valence-corrected chi connectivity index (χ1v) is 7.50. The molecule has 0 N–H and O–H groups in total. The minimum Gasteiger partial charge on any atom is -0.460 e. The lowest BCUT2D eigenvalue weighted by Gasteiger charge is -2.11. The molecule has 0 amide bonds. The van der Waals surface area contributed by atoms with Crippen molar-refractivity contribution in [3.8, 4) is 22.8 Å². The van der Waals surface area contributed by atoms with Crippen LogP contribution in [0.5, 0.6) is 5.75 Å². The second-order valence-electron chi connectivity index (χ2n) is 4.81. The van der Waals surface area contributed by atoms with Gasteiger partial charge in [-0.05, 0) is 12.1 Å². The minimum atomic E-state index is -0.825. The number of hydrogen-bond donors (Lipinski definition) is 0. The molecule has 0 saturated carbocycles. The fourth-order valence-corrected chi connectivity index (χ4v) is 2.37. The summed E-state index contributed by atoms with van der Waals surface area (Å²) in [6.45, 7) is 1.14. The third-order valence-electron chi connectivity index (χ3n) is 3.08. The van der Waals surface area contributed by atoms with Crippen LogP contribution < -0.4 is 10.2 Å². The topological polar surface area (TPSA) is 87.2 Å². The molecule has 25 heavy (non-hydrogen) atoms. The number of carbonyl (C=O) groups excluding carboxylic acids is 1. The van der Waals surface area contributed by atoms with Crippen molar-refractivity contribution in [2.24, 2.45) is 0 Å². The van der Waals surface area contributed by atoms with E-state index in [9.17, 15) is 14.0 Å². The van der Waals surface area contributed by atoms with Gasteiger partial charge in [-0.25, -0.2) is 9.07 Å². The van der Waals surface area contributed by atoms with Crippen LogP contribution in [0.25, 0.3) is 17.0 Å². The zero-order chi connectivity index (χ0) is 18.1. The van der Waals surface area contributed by atoms with E-state index in [1.807, 2.05) is 0 Å². The fourth-order valence-electron chi connectivity index (χ4n) is 2.09. The molecule has 128 valence electrons. The van der Waals surface area contributed by atoms with E-state index in [-0.39, 0.29) is 32.9 Å². The number of nitrogens with zero attached hydrogens (tertiary/aromatic N) is 3. The Hall–Kier alpha value is -2.71. The Bertz CT molecular complexity index is 1030. The maximum absolute atomic E-state index is 14.6. The molecule has 0 aliphatic carbocycles. The van der Waals surface area contributed by atoms with Crippen LogP contribution in [-0.4, -0.2) is 21.0 Å². The monoisotopic (exact) mass is 383 g/mol. The Morgan fingerprint density at radius 2 is 2.12 bits per heavy atom. The lowest BCUT2D eigenvalue weighted by atomic mass is 10.1. The molecule has 2 heterocycles. The average Bonchev–Trinajstić information content (AvgIpc) is 2.98. The van der Waals surface area contributed by atoms with Crippen molar-refractivity contribution in [2.75, 3.05) is 0 Å². The third kappa shape index (κ3) is 3.40. The Kier molecular flexibility index (Phi) is 4.56. The van der Waals surface area contributed by atoms with E-state index in [2.05, 4.69) is 10.3 Å². The van der Waals surface area contributed by atoms with Crippen LogP contribution in [0.1, 0.15) is 6.92 Å². The molecule has 0 unspecified atom stereocenters. The molecule has 0 fully saturated rings. The quantitative estimate of drug-likeness (QED) is 0.645. The van der Waals surface area contributed by atoms with E-state index in [0.717, 1.165) is 19.3 Å². The summed E-state index contributed by atoms with van der Waals surface area (Å²) < 4.78 is 25.8. The van der Waals surface area contributed by atoms with Crippen molar-refractivity contribution >= 4 is 29.2 Å². The van der Waals surface area contributed by atoms with E-state index in [1.165, 1.54) is 23.0 Å². The largest absolute Gasteiger partial charge is 0.460 e. The Morgan fingerprint density at radius 1 is 1.36 bits per heavy atom. The summed E-state index contributed by atoms with van der Waals surface area (Å²) >= 11 is 11.6. The fraction of sp³-hybridized carbons (Fsp3) is 0.0667. The highest BCUT2D eigenvalue weighted by Crippen LogP contribution is 2.33. The standard InChI is InChI=1S/C15H8Cl2FN3O4/c1-7(22)25-12-6-24-11(4-10(12)23)14-9(3-2-8(16)15(14)18)21-5-13(17)19-20-21/h2-6H,1H3. The van der Waals surface area contributed by atoms with Crippen molar-refractivity contribution in [3.63, 3.8) is 0 Å². The highest BCUT2D eigenvalue weighted by molar-refractivity contribution is 6.31. The molecule has 0 atom stereocenters. The Labute approximate surface area is 149 Å². The second kappa shape index (κ2) is 6.66. The number of esters is 1. The van der Waals surface area contributed by atoms with Crippen molar-refractivity contribution in [1.82, 2.24) is 15.0 Å². The summed E-state index contributed by atoms with van der Waals surface area (Å²) in [6, 6.07) is 3.76. The number of ether oxygens (including phenoxy) is 1. The molecule has 0 aliphatic heterocycles. The number of benzene rings is 1. The van der Waals surface area contributed by atoms with Crippen LogP contribution in [0.2, 0.25) is 10.2 Å².